The Kier molecular flexibility index (Phi) is 8.01. The van der Waals surface area contributed by atoms with Gasteiger partial charge in [0.15, 0.2) is 5.58 Å². The molecule has 0 atom stereocenters. The van der Waals surface area contributed by atoms with E-state index in [1.165, 1.54) is 5.56 Å². The number of aromatic nitrogens is 3. The van der Waals surface area contributed by atoms with Crippen LogP contribution in [0.4, 0.5) is 0 Å². The Labute approximate surface area is 309 Å². The molecule has 0 saturated heterocycles. The van der Waals surface area contributed by atoms with Gasteiger partial charge >= 0.3 is 0 Å². The third-order valence-corrected chi connectivity index (χ3v) is 9.87. The number of oxazole rings is 1. The summed E-state index contributed by atoms with van der Waals surface area (Å²) < 4.78 is 6.01. The second-order valence-corrected chi connectivity index (χ2v) is 14.5. The van der Waals surface area contributed by atoms with Gasteiger partial charge in [0.25, 0.3) is 0 Å². The van der Waals surface area contributed by atoms with Crippen molar-refractivity contribution in [2.45, 2.75) is 26.2 Å². The number of hydrogen-bond acceptors (Lipinski definition) is 4. The van der Waals surface area contributed by atoms with Crippen molar-refractivity contribution in [3.05, 3.63) is 175 Å². The Morgan fingerprint density at radius 1 is 0.415 bits per heavy atom. The lowest BCUT2D eigenvalue weighted by Gasteiger charge is -2.26. The van der Waals surface area contributed by atoms with Crippen LogP contribution in [0.25, 0.3) is 89.5 Å². The average molecular weight is 684 g/mol. The van der Waals surface area contributed by atoms with E-state index in [4.69, 9.17) is 14.4 Å². The second-order valence-electron chi connectivity index (χ2n) is 14.5. The molecule has 0 saturated carbocycles. The zero-order valence-corrected chi connectivity index (χ0v) is 29.9. The molecule has 2 heterocycles. The molecule has 53 heavy (non-hydrogen) atoms. The molecule has 9 aromatic rings. The molecule has 0 amide bonds. The van der Waals surface area contributed by atoms with Gasteiger partial charge in [-0.3, -0.25) is 0 Å². The molecule has 4 heteroatoms. The van der Waals surface area contributed by atoms with Gasteiger partial charge in [-0.25, -0.2) is 15.0 Å². The van der Waals surface area contributed by atoms with Gasteiger partial charge in [-0.15, -0.1) is 0 Å². The number of nitrogens with zero attached hydrogens (tertiary/aromatic N) is 3. The zero-order valence-electron chi connectivity index (χ0n) is 29.9. The minimum Gasteiger partial charge on any atom is -0.436 e. The molecule has 0 bridgehead atoms. The van der Waals surface area contributed by atoms with Crippen molar-refractivity contribution in [3.63, 3.8) is 0 Å². The summed E-state index contributed by atoms with van der Waals surface area (Å²) in [5.74, 6) is 0.622. The molecule has 0 aliphatic heterocycles. The van der Waals surface area contributed by atoms with Gasteiger partial charge < -0.3 is 4.42 Å². The lowest BCUT2D eigenvalue weighted by molar-refractivity contribution is 0.593. The van der Waals surface area contributed by atoms with Gasteiger partial charge in [-0.2, -0.15) is 0 Å². The van der Waals surface area contributed by atoms with Crippen LogP contribution in [0, 0.1) is 0 Å². The molecule has 7 aromatic carbocycles. The first kappa shape index (κ1) is 32.3. The first-order valence-corrected chi connectivity index (χ1v) is 18.0. The summed E-state index contributed by atoms with van der Waals surface area (Å²) >= 11 is 0. The highest BCUT2D eigenvalue weighted by atomic mass is 16.3. The number of rotatable bonds is 6. The maximum absolute atomic E-state index is 6.01. The number of hydrogen-bond donors (Lipinski definition) is 0. The monoisotopic (exact) mass is 683 g/mol. The molecule has 0 spiro atoms. The normalized spacial score (nSPS) is 11.7. The molecule has 4 nitrogen and oxygen atoms in total. The molecular weight excluding hydrogens is 647 g/mol. The Morgan fingerprint density at radius 2 is 0.887 bits per heavy atom. The molecule has 254 valence electrons. The lowest BCUT2D eigenvalue weighted by atomic mass is 9.79. The number of fused-ring (bicyclic) bond motifs is 2. The Bertz CT molecular complexity index is 2680. The van der Waals surface area contributed by atoms with Gasteiger partial charge in [-0.1, -0.05) is 160 Å². The summed E-state index contributed by atoms with van der Waals surface area (Å²) in [6.07, 6.45) is 0. The molecule has 2 aromatic heterocycles. The molecule has 0 N–H and O–H groups in total. The fourth-order valence-electron chi connectivity index (χ4n) is 7.16. The van der Waals surface area contributed by atoms with Crippen LogP contribution >= 0.6 is 0 Å². The fraction of sp³-hybridized carbons (Fsp3) is 0.0816. The summed E-state index contributed by atoms with van der Waals surface area (Å²) in [7, 11) is 0. The van der Waals surface area contributed by atoms with E-state index < -0.39 is 0 Å². The summed E-state index contributed by atoms with van der Waals surface area (Å²) in [5.41, 5.74) is 15.9. The highest BCUT2D eigenvalue weighted by molar-refractivity contribution is 6.04. The van der Waals surface area contributed by atoms with Crippen LogP contribution in [0.2, 0.25) is 0 Å². The van der Waals surface area contributed by atoms with Crippen molar-refractivity contribution in [2.24, 2.45) is 0 Å². The fourth-order valence-corrected chi connectivity index (χ4v) is 7.16. The van der Waals surface area contributed by atoms with E-state index in [-0.39, 0.29) is 5.41 Å². The van der Waals surface area contributed by atoms with Crippen LogP contribution in [-0.2, 0) is 5.41 Å². The molecule has 9 rings (SSSR count). The van der Waals surface area contributed by atoms with E-state index >= 15 is 0 Å². The van der Waals surface area contributed by atoms with Crippen LogP contribution in [0.1, 0.15) is 26.3 Å². The van der Waals surface area contributed by atoms with Gasteiger partial charge in [-0.05, 0) is 63.6 Å². The lowest BCUT2D eigenvalue weighted by Crippen LogP contribution is -2.14. The van der Waals surface area contributed by atoms with E-state index in [2.05, 4.69) is 165 Å². The van der Waals surface area contributed by atoms with Crippen molar-refractivity contribution < 1.29 is 4.42 Å². The largest absolute Gasteiger partial charge is 0.436 e. The topological polar surface area (TPSA) is 51.8 Å². The van der Waals surface area contributed by atoms with Gasteiger partial charge in [0.1, 0.15) is 5.52 Å². The molecule has 0 aliphatic carbocycles. The SMILES string of the molecule is CC(C)(C)c1cc(-c2ccccc2)c2nc(-c3ccc(-c4ccc(-c5nc6ccccc6o5)cc4)cc3)c(-c3ccccc3)nc2c1-c1ccccc1. The first-order valence-electron chi connectivity index (χ1n) is 18.0. The predicted octanol–water partition coefficient (Wildman–Crippen LogP) is 13.1. The van der Waals surface area contributed by atoms with E-state index in [0.717, 1.165) is 83.6 Å². The van der Waals surface area contributed by atoms with Gasteiger partial charge in [0.05, 0.1) is 22.4 Å². The van der Waals surface area contributed by atoms with Crippen LogP contribution in [0.5, 0.6) is 0 Å². The summed E-state index contributed by atoms with van der Waals surface area (Å²) in [5, 5.41) is 0. The zero-order chi connectivity index (χ0) is 35.9. The van der Waals surface area contributed by atoms with Crippen molar-refractivity contribution in [1.29, 1.82) is 0 Å². The summed E-state index contributed by atoms with van der Waals surface area (Å²) in [4.78, 5) is 15.9. The van der Waals surface area contributed by atoms with Crippen LogP contribution < -0.4 is 0 Å². The van der Waals surface area contributed by atoms with E-state index in [1.54, 1.807) is 0 Å². The highest BCUT2D eigenvalue weighted by Crippen LogP contribution is 2.44. The standard InChI is InChI=1S/C49H37N3O/c1-49(2,3)40-31-39(34-15-7-4-8-16-34)46-47(43(40)35-17-9-5-10-18-35)52-44(36-19-11-6-12-20-36)45(51-46)37-27-23-32(24-28-37)33-25-29-38(30-26-33)48-50-41-21-13-14-22-42(41)53-48/h4-31H,1-3H3. The molecule has 0 radical (unpaired) electrons. The molecular formula is C49H37N3O. The molecule has 0 fully saturated rings. The maximum atomic E-state index is 6.01. The van der Waals surface area contributed by atoms with Crippen LogP contribution in [0.3, 0.4) is 0 Å². The third kappa shape index (κ3) is 6.08. The minimum absolute atomic E-state index is 0.146. The van der Waals surface area contributed by atoms with Crippen molar-refractivity contribution in [3.8, 4) is 67.3 Å². The molecule has 0 unspecified atom stereocenters. The van der Waals surface area contributed by atoms with Crippen LogP contribution in [0.15, 0.2) is 174 Å². The second kappa shape index (κ2) is 13.2. The van der Waals surface area contributed by atoms with Crippen molar-refractivity contribution in [2.75, 3.05) is 0 Å². The maximum Gasteiger partial charge on any atom is 0.227 e. The Morgan fingerprint density at radius 3 is 1.47 bits per heavy atom. The quantitative estimate of drug-likeness (QED) is 0.175. The van der Waals surface area contributed by atoms with Crippen molar-refractivity contribution >= 4 is 22.1 Å². The summed E-state index contributed by atoms with van der Waals surface area (Å²) in [6.45, 7) is 6.83. The first-order chi connectivity index (χ1) is 25.9. The predicted molar refractivity (Wildman–Crippen MR) is 218 cm³/mol. The van der Waals surface area contributed by atoms with Gasteiger partial charge in [0, 0.05) is 27.8 Å². The molecule has 0 aliphatic rings. The van der Waals surface area contributed by atoms with Crippen molar-refractivity contribution in [1.82, 2.24) is 15.0 Å². The van der Waals surface area contributed by atoms with E-state index in [9.17, 15) is 0 Å². The van der Waals surface area contributed by atoms with Gasteiger partial charge in [0.2, 0.25) is 5.89 Å². The van der Waals surface area contributed by atoms with E-state index in [1.807, 2.05) is 30.3 Å². The highest BCUT2D eigenvalue weighted by Gasteiger charge is 2.26. The minimum atomic E-state index is -0.146. The third-order valence-electron chi connectivity index (χ3n) is 9.87. The number of para-hydroxylation sites is 2. The Hall–Kier alpha value is -6.65. The number of benzene rings is 7. The Balaban J connectivity index is 1.21. The van der Waals surface area contributed by atoms with E-state index in [0.29, 0.717) is 5.89 Å². The average Bonchev–Trinajstić information content (AvgIpc) is 3.65. The summed E-state index contributed by atoms with van der Waals surface area (Å²) in [6, 6.07) is 58.9. The smallest absolute Gasteiger partial charge is 0.227 e. The van der Waals surface area contributed by atoms with Crippen LogP contribution in [-0.4, -0.2) is 15.0 Å².